The van der Waals surface area contributed by atoms with Crippen molar-refractivity contribution in [2.75, 3.05) is 31.8 Å². The number of carbonyl (C=O) groups is 1. The quantitative estimate of drug-likeness (QED) is 0.200. The molecule has 3 heterocycles. The van der Waals surface area contributed by atoms with Crippen LogP contribution in [0.25, 0.3) is 11.2 Å². The maximum absolute atomic E-state index is 13.6. The second kappa shape index (κ2) is 11.1. The van der Waals surface area contributed by atoms with E-state index in [0.717, 1.165) is 0 Å². The van der Waals surface area contributed by atoms with Crippen molar-refractivity contribution in [2.45, 2.75) is 31.7 Å². The molecule has 1 saturated heterocycles. The van der Waals surface area contributed by atoms with E-state index in [2.05, 4.69) is 31.3 Å². The first-order valence-corrected chi connectivity index (χ1v) is 13.0. The number of fused-ring (bicyclic) bond motifs is 1. The summed E-state index contributed by atoms with van der Waals surface area (Å²) in [5.41, 5.74) is 6.83. The standard InChI is InChI=1S/C23H28N7O6P/c1-5-15-11-17(35-21(15)30-13-26-18-19(25-3)27-23(24)28-20(18)30)12-34-37(32,29-14(2)22(31)33-4)36-16-9-7-6-8-10-16/h1,6-10,13-15,17,21H,11-12H2,2-4H3,(H,29,32)(H3,24,25,27,28)/t14-,15-,17-,21+,37?/m0/s1. The monoisotopic (exact) mass is 529 g/mol. The number of para-hydroxylation sites is 1. The number of hydrogen-bond acceptors (Lipinski definition) is 11. The average Bonchev–Trinajstić information content (AvgIpc) is 3.50. The highest BCUT2D eigenvalue weighted by molar-refractivity contribution is 7.52. The molecule has 2 aromatic heterocycles. The summed E-state index contributed by atoms with van der Waals surface area (Å²) in [6.07, 6.45) is 6.59. The fourth-order valence-corrected chi connectivity index (χ4v) is 5.44. The van der Waals surface area contributed by atoms with Crippen LogP contribution < -0.4 is 20.7 Å². The maximum atomic E-state index is 13.6. The first-order valence-electron chi connectivity index (χ1n) is 11.4. The third-order valence-corrected chi connectivity index (χ3v) is 7.31. The number of esters is 1. The SMILES string of the molecule is C#C[C@H]1C[C@@H](COP(=O)(N[C@@H](C)C(=O)OC)Oc2ccccc2)O[C@H]1n1cnc2c(NC)nc(N)nc21. The van der Waals surface area contributed by atoms with Gasteiger partial charge in [0.25, 0.3) is 0 Å². The predicted molar refractivity (Wildman–Crippen MR) is 135 cm³/mol. The highest BCUT2D eigenvalue weighted by atomic mass is 31.2. The van der Waals surface area contributed by atoms with Gasteiger partial charge < -0.3 is 25.0 Å². The fraction of sp³-hybridized carbons (Fsp3) is 0.391. The van der Waals surface area contributed by atoms with Crippen LogP contribution in [0.4, 0.5) is 11.8 Å². The van der Waals surface area contributed by atoms with Gasteiger partial charge in [0.2, 0.25) is 5.95 Å². The lowest BCUT2D eigenvalue weighted by atomic mass is 10.0. The van der Waals surface area contributed by atoms with E-state index in [1.807, 2.05) is 0 Å². The Morgan fingerprint density at radius 3 is 2.81 bits per heavy atom. The number of benzene rings is 1. The van der Waals surface area contributed by atoms with Gasteiger partial charge in [-0.1, -0.05) is 24.1 Å². The number of nitrogens with one attached hydrogen (secondary N) is 2. The van der Waals surface area contributed by atoms with E-state index in [1.54, 1.807) is 48.3 Å². The summed E-state index contributed by atoms with van der Waals surface area (Å²) in [5.74, 6) is 2.58. The summed E-state index contributed by atoms with van der Waals surface area (Å²) >= 11 is 0. The van der Waals surface area contributed by atoms with E-state index in [4.69, 9.17) is 30.7 Å². The van der Waals surface area contributed by atoms with E-state index < -0.39 is 32.1 Å². The van der Waals surface area contributed by atoms with E-state index in [9.17, 15) is 9.36 Å². The third-order valence-electron chi connectivity index (χ3n) is 5.66. The Labute approximate surface area is 213 Å². The van der Waals surface area contributed by atoms with Gasteiger partial charge >= 0.3 is 13.7 Å². The zero-order chi connectivity index (χ0) is 26.6. The van der Waals surface area contributed by atoms with Crippen molar-refractivity contribution in [3.63, 3.8) is 0 Å². The van der Waals surface area contributed by atoms with Gasteiger partial charge in [0.05, 0.1) is 32.1 Å². The molecule has 4 N–H and O–H groups in total. The molecule has 0 aliphatic carbocycles. The van der Waals surface area contributed by atoms with Gasteiger partial charge in [-0.15, -0.1) is 6.42 Å². The van der Waals surface area contributed by atoms with E-state index in [0.29, 0.717) is 29.2 Å². The molecule has 0 radical (unpaired) electrons. The molecule has 0 saturated carbocycles. The van der Waals surface area contributed by atoms with Crippen LogP contribution in [0.5, 0.6) is 5.75 Å². The van der Waals surface area contributed by atoms with Gasteiger partial charge in [-0.25, -0.2) is 9.55 Å². The summed E-state index contributed by atoms with van der Waals surface area (Å²) in [4.78, 5) is 24.8. The summed E-state index contributed by atoms with van der Waals surface area (Å²) in [6.45, 7) is 1.36. The Morgan fingerprint density at radius 2 is 2.14 bits per heavy atom. The van der Waals surface area contributed by atoms with Crippen LogP contribution in [0.2, 0.25) is 0 Å². The fourth-order valence-electron chi connectivity index (χ4n) is 3.92. The van der Waals surface area contributed by atoms with Crippen LogP contribution >= 0.6 is 7.75 Å². The molecule has 13 nitrogen and oxygen atoms in total. The van der Waals surface area contributed by atoms with Crippen molar-refractivity contribution >= 4 is 36.6 Å². The summed E-state index contributed by atoms with van der Waals surface area (Å²) < 4.78 is 37.6. The average molecular weight is 529 g/mol. The molecule has 14 heteroatoms. The minimum Gasteiger partial charge on any atom is -0.468 e. The molecule has 1 aliphatic heterocycles. The Bertz CT molecular complexity index is 1340. The zero-order valence-corrected chi connectivity index (χ0v) is 21.4. The number of anilines is 2. The Morgan fingerprint density at radius 1 is 1.38 bits per heavy atom. The van der Waals surface area contributed by atoms with E-state index >= 15 is 0 Å². The minimum absolute atomic E-state index is 0.0681. The Balaban J connectivity index is 1.52. The summed E-state index contributed by atoms with van der Waals surface area (Å²) in [5, 5.41) is 5.55. The normalized spacial score (nSPS) is 21.6. The highest BCUT2D eigenvalue weighted by Crippen LogP contribution is 2.46. The highest BCUT2D eigenvalue weighted by Gasteiger charge is 2.39. The van der Waals surface area contributed by atoms with Crippen molar-refractivity contribution in [2.24, 2.45) is 5.92 Å². The molecule has 0 bridgehead atoms. The predicted octanol–water partition coefficient (Wildman–Crippen LogP) is 2.34. The third kappa shape index (κ3) is 5.84. The van der Waals surface area contributed by atoms with Crippen LogP contribution in [-0.4, -0.2) is 58.4 Å². The Hall–Kier alpha value is -3.69. The lowest BCUT2D eigenvalue weighted by Gasteiger charge is -2.24. The number of ether oxygens (including phenoxy) is 2. The maximum Gasteiger partial charge on any atom is 0.459 e. The van der Waals surface area contributed by atoms with Crippen LogP contribution in [-0.2, 0) is 23.4 Å². The second-order valence-corrected chi connectivity index (χ2v) is 9.93. The van der Waals surface area contributed by atoms with Gasteiger partial charge in [-0.05, 0) is 25.5 Å². The number of rotatable bonds is 10. The number of methoxy groups -OCH3 is 1. The summed E-state index contributed by atoms with van der Waals surface area (Å²) in [6, 6.07) is 7.50. The van der Waals surface area contributed by atoms with Crippen LogP contribution in [0.1, 0.15) is 19.6 Å². The topological polar surface area (TPSA) is 165 Å². The smallest absolute Gasteiger partial charge is 0.459 e. The molecular weight excluding hydrogens is 501 g/mol. The van der Waals surface area contributed by atoms with Crippen LogP contribution in [0.15, 0.2) is 36.7 Å². The minimum atomic E-state index is -4.03. The lowest BCUT2D eigenvalue weighted by Crippen LogP contribution is -2.35. The van der Waals surface area contributed by atoms with Gasteiger partial charge in [-0.2, -0.15) is 15.1 Å². The first-order chi connectivity index (χ1) is 17.8. The van der Waals surface area contributed by atoms with Crippen molar-refractivity contribution < 1.29 is 27.9 Å². The van der Waals surface area contributed by atoms with Crippen molar-refractivity contribution in [3.05, 3.63) is 36.7 Å². The number of hydrogen-bond donors (Lipinski definition) is 3. The molecule has 37 heavy (non-hydrogen) atoms. The summed E-state index contributed by atoms with van der Waals surface area (Å²) in [7, 11) is -1.09. The van der Waals surface area contributed by atoms with Gasteiger partial charge in [0, 0.05) is 7.05 Å². The van der Waals surface area contributed by atoms with Crippen LogP contribution in [0.3, 0.4) is 0 Å². The van der Waals surface area contributed by atoms with Crippen molar-refractivity contribution in [3.8, 4) is 18.1 Å². The van der Waals surface area contributed by atoms with E-state index in [-0.39, 0.29) is 18.5 Å². The molecule has 4 rings (SSSR count). The molecule has 3 aromatic rings. The van der Waals surface area contributed by atoms with Crippen molar-refractivity contribution in [1.82, 2.24) is 24.6 Å². The zero-order valence-electron chi connectivity index (χ0n) is 20.5. The molecule has 0 amide bonds. The number of terminal acetylenes is 1. The number of nitrogens with zero attached hydrogens (tertiary/aromatic N) is 4. The lowest BCUT2D eigenvalue weighted by molar-refractivity contribution is -0.142. The number of nitrogen functional groups attached to an aromatic ring is 1. The largest absolute Gasteiger partial charge is 0.468 e. The van der Waals surface area contributed by atoms with Gasteiger partial charge in [0.1, 0.15) is 11.8 Å². The molecule has 196 valence electrons. The second-order valence-electron chi connectivity index (χ2n) is 8.23. The van der Waals surface area contributed by atoms with Crippen molar-refractivity contribution in [1.29, 1.82) is 0 Å². The molecular formula is C23H28N7O6P. The van der Waals surface area contributed by atoms with E-state index in [1.165, 1.54) is 14.0 Å². The number of carbonyl (C=O) groups excluding carboxylic acids is 1. The number of imidazole rings is 1. The van der Waals surface area contributed by atoms with Gasteiger partial charge in [-0.3, -0.25) is 13.9 Å². The number of nitrogens with two attached hydrogens (primary N) is 1. The van der Waals surface area contributed by atoms with Gasteiger partial charge in [0.15, 0.2) is 23.2 Å². The Kier molecular flexibility index (Phi) is 7.94. The van der Waals surface area contributed by atoms with Crippen LogP contribution in [0, 0.1) is 18.3 Å². The molecule has 0 spiro atoms. The molecule has 1 aromatic carbocycles. The molecule has 1 unspecified atom stereocenters. The first kappa shape index (κ1) is 26.4. The molecule has 1 fully saturated rings. The number of aromatic nitrogens is 4. The molecule has 5 atom stereocenters. The molecule has 1 aliphatic rings.